The van der Waals surface area contributed by atoms with E-state index < -0.39 is 11.7 Å². The van der Waals surface area contributed by atoms with Crippen molar-refractivity contribution in [3.63, 3.8) is 0 Å². The molecule has 20 heavy (non-hydrogen) atoms. The summed E-state index contributed by atoms with van der Waals surface area (Å²) in [5, 5.41) is 2.75. The smallest absolute Gasteiger partial charge is 0.257 e. The molecule has 0 bridgehead atoms. The molecule has 4 nitrogen and oxygen atoms in total. The number of nitrogen functional groups attached to an aromatic ring is 1. The molecule has 0 aromatic heterocycles. The van der Waals surface area contributed by atoms with E-state index in [0.29, 0.717) is 5.69 Å². The highest BCUT2D eigenvalue weighted by Gasteiger charge is 2.14. The Bertz CT molecular complexity index is 641. The molecule has 2 rings (SSSR count). The number of hydrogen-bond acceptors (Lipinski definition) is 3. The van der Waals surface area contributed by atoms with Crippen LogP contribution >= 0.6 is 0 Å². The van der Waals surface area contributed by atoms with Crippen molar-refractivity contribution < 1.29 is 9.18 Å². The Morgan fingerprint density at radius 3 is 2.55 bits per heavy atom. The summed E-state index contributed by atoms with van der Waals surface area (Å²) in [6, 6.07) is 11.5. The van der Waals surface area contributed by atoms with Gasteiger partial charge in [0.25, 0.3) is 5.91 Å². The standard InChI is InChI=1S/C15H16FN3O/c1-19(2)13-9-4-3-8-12(13)18-15(20)10-6-5-7-11(16)14(10)17/h3-9H,17H2,1-2H3,(H,18,20). The van der Waals surface area contributed by atoms with Gasteiger partial charge in [-0.25, -0.2) is 4.39 Å². The van der Waals surface area contributed by atoms with Crippen molar-refractivity contribution in [2.75, 3.05) is 30.0 Å². The summed E-state index contributed by atoms with van der Waals surface area (Å²) in [4.78, 5) is 14.1. The summed E-state index contributed by atoms with van der Waals surface area (Å²) in [6.07, 6.45) is 0. The predicted octanol–water partition coefficient (Wildman–Crippen LogP) is 2.73. The van der Waals surface area contributed by atoms with Crippen LogP contribution in [0.15, 0.2) is 42.5 Å². The van der Waals surface area contributed by atoms with E-state index in [1.54, 1.807) is 6.07 Å². The van der Waals surface area contributed by atoms with Crippen LogP contribution in [0.25, 0.3) is 0 Å². The molecular formula is C15H16FN3O. The van der Waals surface area contributed by atoms with E-state index >= 15 is 0 Å². The third-order valence-corrected chi connectivity index (χ3v) is 2.93. The van der Waals surface area contributed by atoms with Gasteiger partial charge in [0.05, 0.1) is 22.6 Å². The topological polar surface area (TPSA) is 58.4 Å². The summed E-state index contributed by atoms with van der Waals surface area (Å²) in [6.45, 7) is 0. The van der Waals surface area contributed by atoms with E-state index in [9.17, 15) is 9.18 Å². The van der Waals surface area contributed by atoms with Crippen molar-refractivity contribution in [2.24, 2.45) is 0 Å². The zero-order valence-corrected chi connectivity index (χ0v) is 11.4. The molecule has 0 radical (unpaired) electrons. The molecule has 0 spiro atoms. The fourth-order valence-electron chi connectivity index (χ4n) is 1.89. The molecular weight excluding hydrogens is 257 g/mol. The summed E-state index contributed by atoms with van der Waals surface area (Å²) in [7, 11) is 3.75. The minimum atomic E-state index is -0.599. The van der Waals surface area contributed by atoms with Crippen LogP contribution in [-0.4, -0.2) is 20.0 Å². The number of benzene rings is 2. The van der Waals surface area contributed by atoms with Gasteiger partial charge in [0.15, 0.2) is 0 Å². The first-order valence-corrected chi connectivity index (χ1v) is 6.12. The second-order valence-corrected chi connectivity index (χ2v) is 4.57. The van der Waals surface area contributed by atoms with Crippen LogP contribution in [-0.2, 0) is 0 Å². The molecule has 104 valence electrons. The monoisotopic (exact) mass is 273 g/mol. The van der Waals surface area contributed by atoms with Gasteiger partial charge < -0.3 is 16.0 Å². The second-order valence-electron chi connectivity index (χ2n) is 4.57. The highest BCUT2D eigenvalue weighted by molar-refractivity contribution is 6.09. The lowest BCUT2D eigenvalue weighted by Gasteiger charge is -2.18. The molecule has 5 heteroatoms. The van der Waals surface area contributed by atoms with Gasteiger partial charge in [0, 0.05) is 14.1 Å². The van der Waals surface area contributed by atoms with Crippen LogP contribution in [0.3, 0.4) is 0 Å². The molecule has 0 heterocycles. The zero-order chi connectivity index (χ0) is 14.7. The SMILES string of the molecule is CN(C)c1ccccc1NC(=O)c1cccc(F)c1N. The molecule has 3 N–H and O–H groups in total. The van der Waals surface area contributed by atoms with Crippen LogP contribution in [0.5, 0.6) is 0 Å². The second kappa shape index (κ2) is 5.61. The van der Waals surface area contributed by atoms with Gasteiger partial charge >= 0.3 is 0 Å². The number of para-hydroxylation sites is 3. The van der Waals surface area contributed by atoms with Crippen LogP contribution in [0.4, 0.5) is 21.5 Å². The number of nitrogens with two attached hydrogens (primary N) is 1. The molecule has 0 unspecified atom stereocenters. The number of nitrogens with zero attached hydrogens (tertiary/aromatic N) is 1. The van der Waals surface area contributed by atoms with E-state index in [0.717, 1.165) is 5.69 Å². The van der Waals surface area contributed by atoms with Crippen molar-refractivity contribution in [3.05, 3.63) is 53.8 Å². The Morgan fingerprint density at radius 2 is 1.85 bits per heavy atom. The van der Waals surface area contributed by atoms with Gasteiger partial charge in [-0.05, 0) is 24.3 Å². The lowest BCUT2D eigenvalue weighted by Crippen LogP contribution is -2.18. The Labute approximate surface area is 117 Å². The maximum Gasteiger partial charge on any atom is 0.257 e. The summed E-state index contributed by atoms with van der Waals surface area (Å²) in [5.41, 5.74) is 7.07. The van der Waals surface area contributed by atoms with Gasteiger partial charge in [-0.1, -0.05) is 18.2 Å². The zero-order valence-electron chi connectivity index (χ0n) is 11.4. The lowest BCUT2D eigenvalue weighted by atomic mass is 10.1. The Kier molecular flexibility index (Phi) is 3.89. The highest BCUT2D eigenvalue weighted by Crippen LogP contribution is 2.25. The van der Waals surface area contributed by atoms with E-state index in [2.05, 4.69) is 5.32 Å². The quantitative estimate of drug-likeness (QED) is 0.845. The third kappa shape index (κ3) is 2.71. The van der Waals surface area contributed by atoms with E-state index in [1.165, 1.54) is 18.2 Å². The number of nitrogens with one attached hydrogen (secondary N) is 1. The molecule has 0 aliphatic heterocycles. The normalized spacial score (nSPS) is 10.2. The minimum Gasteiger partial charge on any atom is -0.396 e. The molecule has 0 aliphatic carbocycles. The molecule has 2 aromatic rings. The van der Waals surface area contributed by atoms with Crippen LogP contribution in [0, 0.1) is 5.82 Å². The fraction of sp³-hybridized carbons (Fsp3) is 0.133. The number of halogens is 1. The van der Waals surface area contributed by atoms with E-state index in [-0.39, 0.29) is 11.3 Å². The lowest BCUT2D eigenvalue weighted by molar-refractivity contribution is 0.102. The van der Waals surface area contributed by atoms with E-state index in [4.69, 9.17) is 5.73 Å². The largest absolute Gasteiger partial charge is 0.396 e. The van der Waals surface area contributed by atoms with Crippen molar-refractivity contribution in [1.82, 2.24) is 0 Å². The minimum absolute atomic E-state index is 0.124. The van der Waals surface area contributed by atoms with Crippen molar-refractivity contribution >= 4 is 23.0 Å². The summed E-state index contributed by atoms with van der Waals surface area (Å²) >= 11 is 0. The number of anilines is 3. The van der Waals surface area contributed by atoms with Gasteiger partial charge in [-0.2, -0.15) is 0 Å². The number of hydrogen-bond donors (Lipinski definition) is 2. The highest BCUT2D eigenvalue weighted by atomic mass is 19.1. The predicted molar refractivity (Wildman–Crippen MR) is 79.5 cm³/mol. The Hall–Kier alpha value is -2.56. The maximum absolute atomic E-state index is 13.4. The summed E-state index contributed by atoms with van der Waals surface area (Å²) in [5.74, 6) is -1.03. The van der Waals surface area contributed by atoms with Crippen molar-refractivity contribution in [1.29, 1.82) is 0 Å². The van der Waals surface area contributed by atoms with Gasteiger partial charge in [-0.15, -0.1) is 0 Å². The van der Waals surface area contributed by atoms with Crippen LogP contribution in [0.1, 0.15) is 10.4 Å². The number of carbonyl (C=O) groups is 1. The first kappa shape index (κ1) is 13.9. The average molecular weight is 273 g/mol. The fourth-order valence-corrected chi connectivity index (χ4v) is 1.89. The van der Waals surface area contributed by atoms with Crippen LogP contribution < -0.4 is 16.0 Å². The molecule has 2 aromatic carbocycles. The van der Waals surface area contributed by atoms with Gasteiger partial charge in [0.1, 0.15) is 5.82 Å². The molecule has 1 amide bonds. The van der Waals surface area contributed by atoms with Gasteiger partial charge in [-0.3, -0.25) is 4.79 Å². The Morgan fingerprint density at radius 1 is 1.15 bits per heavy atom. The number of rotatable bonds is 3. The molecule has 0 fully saturated rings. The first-order valence-electron chi connectivity index (χ1n) is 6.12. The Balaban J connectivity index is 2.31. The molecule has 0 saturated heterocycles. The maximum atomic E-state index is 13.4. The van der Waals surface area contributed by atoms with Crippen molar-refractivity contribution in [2.45, 2.75) is 0 Å². The van der Waals surface area contributed by atoms with E-state index in [1.807, 2.05) is 37.2 Å². The summed E-state index contributed by atoms with van der Waals surface area (Å²) < 4.78 is 13.4. The molecule has 0 aliphatic rings. The van der Waals surface area contributed by atoms with Crippen molar-refractivity contribution in [3.8, 4) is 0 Å². The molecule has 0 atom stereocenters. The first-order chi connectivity index (χ1) is 9.50. The number of amides is 1. The molecule has 0 saturated carbocycles. The van der Waals surface area contributed by atoms with Gasteiger partial charge in [0.2, 0.25) is 0 Å². The third-order valence-electron chi connectivity index (χ3n) is 2.93. The average Bonchev–Trinajstić information content (AvgIpc) is 2.42. The number of carbonyl (C=O) groups excluding carboxylic acids is 1. The van der Waals surface area contributed by atoms with Crippen LogP contribution in [0.2, 0.25) is 0 Å².